The molecule has 0 N–H and O–H groups in total. The Morgan fingerprint density at radius 3 is 2.56 bits per heavy atom. The number of carbonyl (C=O) groups is 1. The zero-order chi connectivity index (χ0) is 18.4. The summed E-state index contributed by atoms with van der Waals surface area (Å²) in [7, 11) is 3.46. The van der Waals surface area contributed by atoms with Crippen LogP contribution in [-0.4, -0.2) is 37.1 Å². The average Bonchev–Trinajstić information content (AvgIpc) is 2.61. The number of hydrogen-bond donors (Lipinski definition) is 0. The Labute approximate surface area is 155 Å². The van der Waals surface area contributed by atoms with E-state index in [4.69, 9.17) is 21.1 Å². The van der Waals surface area contributed by atoms with Gasteiger partial charge in [-0.1, -0.05) is 30.9 Å². The molecule has 5 heteroatoms. The molecular weight excluding hydrogens is 338 g/mol. The lowest BCUT2D eigenvalue weighted by Crippen LogP contribution is -2.37. The molecule has 1 amide bonds. The number of amides is 1. The second-order valence-corrected chi connectivity index (χ2v) is 7.18. The third-order valence-electron chi connectivity index (χ3n) is 4.49. The van der Waals surface area contributed by atoms with Crippen molar-refractivity contribution in [2.45, 2.75) is 58.1 Å². The molecule has 0 aliphatic heterocycles. The van der Waals surface area contributed by atoms with Crippen LogP contribution in [0.1, 0.15) is 51.5 Å². The number of benzene rings is 1. The first-order valence-electron chi connectivity index (χ1n) is 8.91. The van der Waals surface area contributed by atoms with Crippen LogP contribution in [0.25, 0.3) is 6.08 Å². The first-order chi connectivity index (χ1) is 11.9. The van der Waals surface area contributed by atoms with Crippen LogP contribution in [0.5, 0.6) is 11.5 Å². The van der Waals surface area contributed by atoms with E-state index in [-0.39, 0.29) is 12.0 Å². The van der Waals surface area contributed by atoms with Gasteiger partial charge in [0.15, 0.2) is 11.5 Å². The molecule has 1 aromatic carbocycles. The molecule has 0 bridgehead atoms. The van der Waals surface area contributed by atoms with Gasteiger partial charge in [0.25, 0.3) is 0 Å². The summed E-state index contributed by atoms with van der Waals surface area (Å²) in [5.74, 6) is 1.11. The number of halogens is 1. The molecule has 1 aliphatic carbocycles. The van der Waals surface area contributed by atoms with E-state index in [2.05, 4.69) is 0 Å². The number of hydrogen-bond acceptors (Lipinski definition) is 3. The first-order valence-corrected chi connectivity index (χ1v) is 9.29. The summed E-state index contributed by atoms with van der Waals surface area (Å²) >= 11 is 6.32. The third-order valence-corrected chi connectivity index (χ3v) is 4.77. The Hall–Kier alpha value is -1.68. The van der Waals surface area contributed by atoms with E-state index < -0.39 is 0 Å². The van der Waals surface area contributed by atoms with Crippen molar-refractivity contribution in [1.82, 2.24) is 4.90 Å². The zero-order valence-electron chi connectivity index (χ0n) is 15.5. The highest BCUT2D eigenvalue weighted by molar-refractivity contribution is 6.32. The summed E-state index contributed by atoms with van der Waals surface area (Å²) in [5, 5.41) is 0.473. The minimum absolute atomic E-state index is 0.00138. The molecule has 1 fully saturated rings. The molecule has 1 aromatic rings. The van der Waals surface area contributed by atoms with Crippen LogP contribution in [0.15, 0.2) is 18.2 Å². The highest BCUT2D eigenvalue weighted by atomic mass is 35.5. The third kappa shape index (κ3) is 5.40. The van der Waals surface area contributed by atoms with Gasteiger partial charge in [0, 0.05) is 19.2 Å². The predicted octanol–water partition coefficient (Wildman–Crippen LogP) is 4.94. The van der Waals surface area contributed by atoms with Crippen molar-refractivity contribution in [3.63, 3.8) is 0 Å². The molecule has 4 nitrogen and oxygen atoms in total. The second-order valence-electron chi connectivity index (χ2n) is 6.78. The molecule has 25 heavy (non-hydrogen) atoms. The minimum Gasteiger partial charge on any atom is -0.493 e. The van der Waals surface area contributed by atoms with Crippen molar-refractivity contribution in [1.29, 1.82) is 0 Å². The number of likely N-dealkylation sites (N-methyl/N-ethyl adjacent to an activating group) is 1. The van der Waals surface area contributed by atoms with Crippen molar-refractivity contribution in [2.75, 3.05) is 14.2 Å². The van der Waals surface area contributed by atoms with Gasteiger partial charge in [0.1, 0.15) is 0 Å². The lowest BCUT2D eigenvalue weighted by molar-refractivity contribution is -0.127. The smallest absolute Gasteiger partial charge is 0.246 e. The van der Waals surface area contributed by atoms with E-state index in [1.807, 2.05) is 31.9 Å². The molecule has 138 valence electrons. The summed E-state index contributed by atoms with van der Waals surface area (Å²) in [6.07, 6.45) is 9.24. The Morgan fingerprint density at radius 2 is 1.96 bits per heavy atom. The minimum atomic E-state index is -0.00138. The van der Waals surface area contributed by atoms with Crippen molar-refractivity contribution in [3.8, 4) is 11.5 Å². The van der Waals surface area contributed by atoms with Gasteiger partial charge in [0.05, 0.1) is 18.2 Å². The maximum absolute atomic E-state index is 12.4. The number of methoxy groups -OCH3 is 1. The summed E-state index contributed by atoms with van der Waals surface area (Å²) in [4.78, 5) is 14.3. The fraction of sp³-hybridized carbons (Fsp3) is 0.550. The maximum atomic E-state index is 12.4. The molecule has 1 aliphatic rings. The average molecular weight is 366 g/mol. The number of ether oxygens (including phenoxy) is 2. The van der Waals surface area contributed by atoms with Gasteiger partial charge in [-0.25, -0.2) is 0 Å². The standard InChI is InChI=1S/C20H28ClNO3/c1-14(2)25-20-17(21)12-15(13-18(20)24-4)10-11-19(23)22(3)16-8-6-5-7-9-16/h10-14,16H,5-9H2,1-4H3/b11-10+. The van der Waals surface area contributed by atoms with Crippen LogP contribution in [0.2, 0.25) is 5.02 Å². The van der Waals surface area contributed by atoms with Gasteiger partial charge < -0.3 is 14.4 Å². The van der Waals surface area contributed by atoms with Gasteiger partial charge in [-0.05, 0) is 50.5 Å². The van der Waals surface area contributed by atoms with Crippen LogP contribution in [0.4, 0.5) is 0 Å². The number of rotatable bonds is 6. The van der Waals surface area contributed by atoms with Crippen molar-refractivity contribution in [3.05, 3.63) is 28.8 Å². The molecular formula is C20H28ClNO3. The van der Waals surface area contributed by atoms with Crippen molar-refractivity contribution < 1.29 is 14.3 Å². The molecule has 0 radical (unpaired) electrons. The fourth-order valence-corrected chi connectivity index (χ4v) is 3.38. The zero-order valence-corrected chi connectivity index (χ0v) is 16.3. The molecule has 0 spiro atoms. The normalized spacial score (nSPS) is 15.6. The quantitative estimate of drug-likeness (QED) is 0.670. The molecule has 0 aromatic heterocycles. The Balaban J connectivity index is 2.11. The van der Waals surface area contributed by atoms with Gasteiger partial charge in [0.2, 0.25) is 5.91 Å². The molecule has 0 atom stereocenters. The summed E-state index contributed by atoms with van der Waals surface area (Å²) in [6, 6.07) is 3.96. The maximum Gasteiger partial charge on any atom is 0.246 e. The monoisotopic (exact) mass is 365 g/mol. The van der Waals surface area contributed by atoms with Crippen LogP contribution < -0.4 is 9.47 Å². The van der Waals surface area contributed by atoms with Crippen molar-refractivity contribution >= 4 is 23.6 Å². The van der Waals surface area contributed by atoms with Crippen LogP contribution in [0.3, 0.4) is 0 Å². The molecule has 0 unspecified atom stereocenters. The van der Waals surface area contributed by atoms with Crippen molar-refractivity contribution in [2.24, 2.45) is 0 Å². The molecule has 0 heterocycles. The Bertz CT molecular complexity index is 622. The van der Waals surface area contributed by atoms with Crippen LogP contribution in [-0.2, 0) is 4.79 Å². The molecule has 1 saturated carbocycles. The lowest BCUT2D eigenvalue weighted by Gasteiger charge is -2.30. The molecule has 0 saturated heterocycles. The predicted molar refractivity (Wildman–Crippen MR) is 102 cm³/mol. The fourth-order valence-electron chi connectivity index (χ4n) is 3.12. The number of nitrogens with zero attached hydrogens (tertiary/aromatic N) is 1. The van der Waals surface area contributed by atoms with E-state index in [1.54, 1.807) is 25.3 Å². The number of carbonyl (C=O) groups excluding carboxylic acids is 1. The summed E-state index contributed by atoms with van der Waals surface area (Å²) in [5.41, 5.74) is 0.809. The van der Waals surface area contributed by atoms with E-state index in [9.17, 15) is 4.79 Å². The van der Waals surface area contributed by atoms with Gasteiger partial charge in [-0.3, -0.25) is 4.79 Å². The van der Waals surface area contributed by atoms with E-state index >= 15 is 0 Å². The lowest BCUT2D eigenvalue weighted by atomic mass is 9.94. The van der Waals surface area contributed by atoms with Gasteiger partial charge in [-0.15, -0.1) is 0 Å². The molecule has 2 rings (SSSR count). The van der Waals surface area contributed by atoms with E-state index in [0.29, 0.717) is 22.6 Å². The van der Waals surface area contributed by atoms with E-state index in [0.717, 1.165) is 18.4 Å². The first kappa shape index (κ1) is 19.6. The summed E-state index contributed by atoms with van der Waals surface area (Å²) in [6.45, 7) is 3.87. The largest absolute Gasteiger partial charge is 0.493 e. The summed E-state index contributed by atoms with van der Waals surface area (Å²) < 4.78 is 11.1. The Morgan fingerprint density at radius 1 is 1.28 bits per heavy atom. The topological polar surface area (TPSA) is 38.8 Å². The van der Waals surface area contributed by atoms with Gasteiger partial charge in [-0.2, -0.15) is 0 Å². The highest BCUT2D eigenvalue weighted by Gasteiger charge is 2.20. The SMILES string of the molecule is COc1cc(/C=C/C(=O)N(C)C2CCCCC2)cc(Cl)c1OC(C)C. The highest BCUT2D eigenvalue weighted by Crippen LogP contribution is 2.37. The van der Waals surface area contributed by atoms with Crippen LogP contribution in [0, 0.1) is 0 Å². The van der Waals surface area contributed by atoms with E-state index in [1.165, 1.54) is 19.3 Å². The second kappa shape index (κ2) is 9.14. The Kier molecular flexibility index (Phi) is 7.18. The van der Waals surface area contributed by atoms with Gasteiger partial charge >= 0.3 is 0 Å². The van der Waals surface area contributed by atoms with Crippen LogP contribution >= 0.6 is 11.6 Å².